The first-order chi connectivity index (χ1) is 9.29. The molecule has 0 spiro atoms. The van der Waals surface area contributed by atoms with Crippen LogP contribution in [0.3, 0.4) is 0 Å². The minimum Gasteiger partial charge on any atom is -0.304 e. The fourth-order valence-electron chi connectivity index (χ4n) is 2.40. The van der Waals surface area contributed by atoms with Crippen molar-refractivity contribution in [1.82, 2.24) is 14.8 Å². The maximum atomic E-state index is 5.28. The van der Waals surface area contributed by atoms with Crippen LogP contribution >= 0.6 is 12.2 Å². The Labute approximate surface area is 122 Å². The SMILES string of the molecule is CCCCCCCCCCn1c(CCC)n[nH]c1=S. The molecule has 19 heavy (non-hydrogen) atoms. The molecule has 1 rings (SSSR count). The van der Waals surface area contributed by atoms with Crippen LogP contribution in [0.25, 0.3) is 0 Å². The lowest BCUT2D eigenvalue weighted by Gasteiger charge is -2.06. The molecule has 1 aromatic heterocycles. The second-order valence-corrected chi connectivity index (χ2v) is 5.71. The Balaban J connectivity index is 2.15. The quantitative estimate of drug-likeness (QED) is 0.456. The Bertz CT molecular complexity index is 381. The zero-order valence-corrected chi connectivity index (χ0v) is 13.4. The molecule has 0 saturated heterocycles. The van der Waals surface area contributed by atoms with Crippen molar-refractivity contribution in [2.24, 2.45) is 0 Å². The van der Waals surface area contributed by atoms with Crippen LogP contribution in [0.15, 0.2) is 0 Å². The number of aromatic amines is 1. The zero-order valence-electron chi connectivity index (χ0n) is 12.6. The number of unbranched alkanes of at least 4 members (excludes halogenated alkanes) is 7. The molecule has 110 valence electrons. The van der Waals surface area contributed by atoms with E-state index in [9.17, 15) is 0 Å². The Morgan fingerprint density at radius 1 is 0.947 bits per heavy atom. The summed E-state index contributed by atoms with van der Waals surface area (Å²) in [6.07, 6.45) is 13.0. The molecule has 0 saturated carbocycles. The molecule has 4 heteroatoms. The van der Waals surface area contributed by atoms with Crippen molar-refractivity contribution in [1.29, 1.82) is 0 Å². The van der Waals surface area contributed by atoms with Crippen LogP contribution in [0.5, 0.6) is 0 Å². The van der Waals surface area contributed by atoms with Gasteiger partial charge in [-0.3, -0.25) is 5.10 Å². The number of hydrogen-bond acceptors (Lipinski definition) is 2. The Kier molecular flexibility index (Phi) is 8.80. The fourth-order valence-corrected chi connectivity index (χ4v) is 2.64. The van der Waals surface area contributed by atoms with Gasteiger partial charge in [0.15, 0.2) is 4.77 Å². The summed E-state index contributed by atoms with van der Waals surface area (Å²) in [6.45, 7) is 5.47. The predicted molar refractivity (Wildman–Crippen MR) is 84.0 cm³/mol. The van der Waals surface area contributed by atoms with E-state index in [4.69, 9.17) is 12.2 Å². The Morgan fingerprint density at radius 2 is 1.58 bits per heavy atom. The minimum atomic E-state index is 0.784. The van der Waals surface area contributed by atoms with Gasteiger partial charge in [0.25, 0.3) is 0 Å². The van der Waals surface area contributed by atoms with E-state index < -0.39 is 0 Å². The van der Waals surface area contributed by atoms with Crippen LogP contribution in [0.4, 0.5) is 0 Å². The normalized spacial score (nSPS) is 11.1. The number of nitrogens with zero attached hydrogens (tertiary/aromatic N) is 2. The van der Waals surface area contributed by atoms with Crippen molar-refractivity contribution in [2.45, 2.75) is 84.6 Å². The predicted octanol–water partition coefficient (Wildman–Crippen LogP) is 5.03. The summed E-state index contributed by atoms with van der Waals surface area (Å²) in [4.78, 5) is 0. The molecule has 0 radical (unpaired) electrons. The molecular weight excluding hydrogens is 254 g/mol. The van der Waals surface area contributed by atoms with Crippen molar-refractivity contribution in [3.63, 3.8) is 0 Å². The third kappa shape index (κ3) is 6.37. The second kappa shape index (κ2) is 10.2. The molecule has 0 fully saturated rings. The zero-order chi connectivity index (χ0) is 13.9. The molecule has 0 aliphatic carbocycles. The van der Waals surface area contributed by atoms with Gasteiger partial charge in [-0.1, -0.05) is 58.8 Å². The fraction of sp³-hybridized carbons (Fsp3) is 0.867. The Morgan fingerprint density at radius 3 is 2.21 bits per heavy atom. The van der Waals surface area contributed by atoms with Crippen molar-refractivity contribution < 1.29 is 0 Å². The summed E-state index contributed by atoms with van der Waals surface area (Å²) in [7, 11) is 0. The van der Waals surface area contributed by atoms with Gasteiger partial charge in [0, 0.05) is 13.0 Å². The lowest BCUT2D eigenvalue weighted by atomic mass is 10.1. The molecule has 0 aliphatic rings. The van der Waals surface area contributed by atoms with E-state index in [1.807, 2.05) is 0 Å². The van der Waals surface area contributed by atoms with Gasteiger partial charge in [0.1, 0.15) is 5.82 Å². The van der Waals surface area contributed by atoms with E-state index in [2.05, 4.69) is 28.6 Å². The number of H-pyrrole nitrogens is 1. The van der Waals surface area contributed by atoms with E-state index in [-0.39, 0.29) is 0 Å². The lowest BCUT2D eigenvalue weighted by molar-refractivity contribution is 0.531. The smallest absolute Gasteiger partial charge is 0.195 e. The third-order valence-electron chi connectivity index (χ3n) is 3.55. The van der Waals surface area contributed by atoms with Gasteiger partial charge in [-0.2, -0.15) is 5.10 Å². The van der Waals surface area contributed by atoms with E-state index in [0.29, 0.717) is 0 Å². The topological polar surface area (TPSA) is 33.6 Å². The monoisotopic (exact) mass is 283 g/mol. The standard InChI is InChI=1S/C15H29N3S/c1-3-5-6-7-8-9-10-11-13-18-14(12-4-2)16-17-15(18)19/h3-13H2,1-2H3,(H,17,19). The molecule has 0 aliphatic heterocycles. The average molecular weight is 283 g/mol. The van der Waals surface area contributed by atoms with Gasteiger partial charge >= 0.3 is 0 Å². The molecule has 0 atom stereocenters. The van der Waals surface area contributed by atoms with Crippen molar-refractivity contribution >= 4 is 12.2 Å². The number of nitrogens with one attached hydrogen (secondary N) is 1. The van der Waals surface area contributed by atoms with Gasteiger partial charge in [-0.25, -0.2) is 0 Å². The van der Waals surface area contributed by atoms with Gasteiger partial charge in [0.05, 0.1) is 0 Å². The first kappa shape index (κ1) is 16.4. The molecule has 1 aromatic rings. The van der Waals surface area contributed by atoms with Gasteiger partial charge in [-0.15, -0.1) is 0 Å². The molecular formula is C15H29N3S. The number of aryl methyl sites for hydroxylation is 1. The molecule has 0 aromatic carbocycles. The number of aromatic nitrogens is 3. The van der Waals surface area contributed by atoms with Crippen LogP contribution < -0.4 is 0 Å². The summed E-state index contributed by atoms with van der Waals surface area (Å²) < 4.78 is 2.96. The van der Waals surface area contributed by atoms with Gasteiger partial charge < -0.3 is 4.57 Å². The van der Waals surface area contributed by atoms with Gasteiger partial charge in [-0.05, 0) is 25.1 Å². The lowest BCUT2D eigenvalue weighted by Crippen LogP contribution is -2.04. The summed E-state index contributed by atoms with van der Waals surface area (Å²) in [5, 5.41) is 7.21. The summed E-state index contributed by atoms with van der Waals surface area (Å²) in [6, 6.07) is 0. The molecule has 0 bridgehead atoms. The number of rotatable bonds is 11. The highest BCUT2D eigenvalue weighted by Crippen LogP contribution is 2.10. The van der Waals surface area contributed by atoms with Crippen molar-refractivity contribution in [3.05, 3.63) is 10.6 Å². The van der Waals surface area contributed by atoms with E-state index >= 15 is 0 Å². The summed E-state index contributed by atoms with van der Waals surface area (Å²) in [5.74, 6) is 1.12. The Hall–Kier alpha value is -0.640. The largest absolute Gasteiger partial charge is 0.304 e. The maximum Gasteiger partial charge on any atom is 0.195 e. The van der Waals surface area contributed by atoms with Crippen LogP contribution in [-0.4, -0.2) is 14.8 Å². The van der Waals surface area contributed by atoms with Crippen molar-refractivity contribution in [2.75, 3.05) is 0 Å². The maximum absolute atomic E-state index is 5.28. The molecule has 1 N–H and O–H groups in total. The second-order valence-electron chi connectivity index (χ2n) is 5.32. The number of hydrogen-bond donors (Lipinski definition) is 1. The summed E-state index contributed by atoms with van der Waals surface area (Å²) >= 11 is 5.28. The molecule has 0 unspecified atom stereocenters. The van der Waals surface area contributed by atoms with Crippen LogP contribution in [0.1, 0.15) is 77.5 Å². The highest BCUT2D eigenvalue weighted by Gasteiger charge is 2.04. The highest BCUT2D eigenvalue weighted by atomic mass is 32.1. The van der Waals surface area contributed by atoms with Crippen LogP contribution in [-0.2, 0) is 13.0 Å². The highest BCUT2D eigenvalue weighted by molar-refractivity contribution is 7.71. The first-order valence-electron chi connectivity index (χ1n) is 7.93. The molecule has 1 heterocycles. The van der Waals surface area contributed by atoms with Crippen LogP contribution in [0.2, 0.25) is 0 Å². The van der Waals surface area contributed by atoms with E-state index in [1.165, 1.54) is 51.4 Å². The molecule has 0 amide bonds. The van der Waals surface area contributed by atoms with Gasteiger partial charge in [0.2, 0.25) is 0 Å². The van der Waals surface area contributed by atoms with E-state index in [0.717, 1.165) is 30.0 Å². The van der Waals surface area contributed by atoms with Crippen LogP contribution in [0, 0.1) is 4.77 Å². The average Bonchev–Trinajstić information content (AvgIpc) is 2.75. The first-order valence-corrected chi connectivity index (χ1v) is 8.34. The third-order valence-corrected chi connectivity index (χ3v) is 3.86. The summed E-state index contributed by atoms with van der Waals surface area (Å²) in [5.41, 5.74) is 0. The molecule has 3 nitrogen and oxygen atoms in total. The van der Waals surface area contributed by atoms with E-state index in [1.54, 1.807) is 0 Å². The van der Waals surface area contributed by atoms with Crippen molar-refractivity contribution in [3.8, 4) is 0 Å². The minimum absolute atomic E-state index is 0.784.